The molecule has 1 saturated carbocycles. The minimum Gasteiger partial charge on any atom is -0.409 e. The molecule has 1 unspecified atom stereocenters. The lowest BCUT2D eigenvalue weighted by atomic mass is 10.0. The minimum atomic E-state index is -3.51. The SMILES string of the molecule is NC(=NO)C1CCCCN1S(=O)(=O)NC1CC1. The maximum atomic E-state index is 12.1. The Balaban J connectivity index is 2.14. The lowest BCUT2D eigenvalue weighted by molar-refractivity contribution is 0.279. The Morgan fingerprint density at radius 3 is 2.65 bits per heavy atom. The fourth-order valence-corrected chi connectivity index (χ4v) is 3.74. The zero-order chi connectivity index (χ0) is 12.5. The van der Waals surface area contributed by atoms with E-state index >= 15 is 0 Å². The molecule has 1 saturated heterocycles. The number of hydrogen-bond donors (Lipinski definition) is 3. The van der Waals surface area contributed by atoms with Crippen LogP contribution in [0.25, 0.3) is 0 Å². The van der Waals surface area contributed by atoms with Gasteiger partial charge in [0.1, 0.15) is 0 Å². The van der Waals surface area contributed by atoms with E-state index in [2.05, 4.69) is 9.88 Å². The van der Waals surface area contributed by atoms with E-state index in [1.54, 1.807) is 0 Å². The molecule has 0 aromatic rings. The highest BCUT2D eigenvalue weighted by Gasteiger charge is 2.37. The number of rotatable bonds is 4. The van der Waals surface area contributed by atoms with Crippen LogP contribution in [-0.2, 0) is 10.2 Å². The smallest absolute Gasteiger partial charge is 0.280 e. The van der Waals surface area contributed by atoms with Gasteiger partial charge in [0.05, 0.1) is 6.04 Å². The number of hydrogen-bond acceptors (Lipinski definition) is 4. The van der Waals surface area contributed by atoms with E-state index in [1.165, 1.54) is 4.31 Å². The molecule has 0 spiro atoms. The van der Waals surface area contributed by atoms with E-state index in [-0.39, 0.29) is 11.9 Å². The summed E-state index contributed by atoms with van der Waals surface area (Å²) in [6.07, 6.45) is 4.07. The van der Waals surface area contributed by atoms with Crippen LogP contribution in [0.1, 0.15) is 32.1 Å². The van der Waals surface area contributed by atoms with Gasteiger partial charge in [-0.1, -0.05) is 11.6 Å². The quantitative estimate of drug-likeness (QED) is 0.277. The summed E-state index contributed by atoms with van der Waals surface area (Å²) < 4.78 is 28.1. The summed E-state index contributed by atoms with van der Waals surface area (Å²) in [6, 6.07) is -0.458. The molecular weight excluding hydrogens is 244 g/mol. The minimum absolute atomic E-state index is 0.0362. The van der Waals surface area contributed by atoms with Crippen LogP contribution < -0.4 is 10.5 Å². The number of amidine groups is 1. The second-order valence-corrected chi connectivity index (χ2v) is 6.20. The molecule has 0 radical (unpaired) electrons. The molecule has 4 N–H and O–H groups in total. The Hall–Kier alpha value is -0.860. The number of nitrogens with two attached hydrogens (primary N) is 1. The molecule has 1 heterocycles. The van der Waals surface area contributed by atoms with Crippen LogP contribution in [0, 0.1) is 0 Å². The summed E-state index contributed by atoms with van der Waals surface area (Å²) in [5, 5.41) is 11.6. The van der Waals surface area contributed by atoms with Crippen molar-refractivity contribution in [3.05, 3.63) is 0 Å². The third kappa shape index (κ3) is 2.88. The van der Waals surface area contributed by atoms with Gasteiger partial charge in [-0.3, -0.25) is 0 Å². The molecule has 2 rings (SSSR count). The molecule has 1 aliphatic heterocycles. The Morgan fingerprint density at radius 2 is 2.06 bits per heavy atom. The van der Waals surface area contributed by atoms with Crippen LogP contribution in [0.3, 0.4) is 0 Å². The number of oxime groups is 1. The van der Waals surface area contributed by atoms with Crippen LogP contribution in [0.15, 0.2) is 5.16 Å². The number of piperidine rings is 1. The zero-order valence-electron chi connectivity index (χ0n) is 9.54. The fourth-order valence-electron chi connectivity index (χ4n) is 2.03. The van der Waals surface area contributed by atoms with Gasteiger partial charge in [-0.25, -0.2) is 0 Å². The Kier molecular flexibility index (Phi) is 3.55. The van der Waals surface area contributed by atoms with Gasteiger partial charge in [0.25, 0.3) is 10.2 Å². The van der Waals surface area contributed by atoms with E-state index in [0.29, 0.717) is 13.0 Å². The van der Waals surface area contributed by atoms with E-state index in [9.17, 15) is 8.42 Å². The van der Waals surface area contributed by atoms with Gasteiger partial charge in [0.2, 0.25) is 0 Å². The highest BCUT2D eigenvalue weighted by Crippen LogP contribution is 2.24. The highest BCUT2D eigenvalue weighted by atomic mass is 32.2. The average Bonchev–Trinajstić information content (AvgIpc) is 3.11. The lowest BCUT2D eigenvalue weighted by Gasteiger charge is -2.33. The van der Waals surface area contributed by atoms with Crippen molar-refractivity contribution in [3.8, 4) is 0 Å². The van der Waals surface area contributed by atoms with Crippen molar-refractivity contribution in [3.63, 3.8) is 0 Å². The van der Waals surface area contributed by atoms with Crippen LogP contribution in [0.5, 0.6) is 0 Å². The van der Waals surface area contributed by atoms with Crippen molar-refractivity contribution >= 4 is 16.0 Å². The molecule has 0 amide bonds. The van der Waals surface area contributed by atoms with Crippen molar-refractivity contribution in [1.82, 2.24) is 9.03 Å². The van der Waals surface area contributed by atoms with Gasteiger partial charge in [-0.2, -0.15) is 17.4 Å². The largest absolute Gasteiger partial charge is 0.409 e. The van der Waals surface area contributed by atoms with Gasteiger partial charge < -0.3 is 10.9 Å². The predicted molar refractivity (Wildman–Crippen MR) is 62.8 cm³/mol. The summed E-state index contributed by atoms with van der Waals surface area (Å²) in [5.74, 6) is -0.0362. The molecule has 0 aromatic heterocycles. The molecule has 0 aromatic carbocycles. The molecule has 98 valence electrons. The van der Waals surface area contributed by atoms with Crippen molar-refractivity contribution in [1.29, 1.82) is 0 Å². The van der Waals surface area contributed by atoms with Crippen molar-refractivity contribution < 1.29 is 13.6 Å². The Bertz CT molecular complexity index is 404. The van der Waals surface area contributed by atoms with Gasteiger partial charge in [0.15, 0.2) is 5.84 Å². The first-order valence-corrected chi connectivity index (χ1v) is 7.25. The molecule has 2 fully saturated rings. The van der Waals surface area contributed by atoms with Crippen molar-refractivity contribution in [2.45, 2.75) is 44.2 Å². The Morgan fingerprint density at radius 1 is 1.35 bits per heavy atom. The molecule has 1 atom stereocenters. The normalized spacial score (nSPS) is 28.2. The summed E-state index contributed by atoms with van der Waals surface area (Å²) in [7, 11) is -3.51. The maximum Gasteiger partial charge on any atom is 0.280 e. The van der Waals surface area contributed by atoms with Gasteiger partial charge in [0, 0.05) is 12.6 Å². The zero-order valence-corrected chi connectivity index (χ0v) is 10.4. The second-order valence-electron chi connectivity index (χ2n) is 4.54. The summed E-state index contributed by atoms with van der Waals surface area (Å²) in [6.45, 7) is 0.420. The summed E-state index contributed by atoms with van der Waals surface area (Å²) in [5.41, 5.74) is 5.55. The van der Waals surface area contributed by atoms with Crippen LogP contribution in [0.4, 0.5) is 0 Å². The van der Waals surface area contributed by atoms with Crippen LogP contribution in [0.2, 0.25) is 0 Å². The van der Waals surface area contributed by atoms with Gasteiger partial charge >= 0.3 is 0 Å². The van der Waals surface area contributed by atoms with Crippen molar-refractivity contribution in [2.75, 3.05) is 6.54 Å². The topological polar surface area (TPSA) is 108 Å². The van der Waals surface area contributed by atoms with Crippen LogP contribution in [-0.4, -0.2) is 42.4 Å². The first-order chi connectivity index (χ1) is 8.04. The standard InChI is InChI=1S/C9H18N4O3S/c10-9(11-14)8-3-1-2-6-13(8)17(15,16)12-7-4-5-7/h7-8,12,14H,1-6H2,(H2,10,11). The molecule has 7 nitrogen and oxygen atoms in total. The molecule has 2 aliphatic rings. The summed E-state index contributed by atoms with van der Waals surface area (Å²) in [4.78, 5) is 0. The number of nitrogens with zero attached hydrogens (tertiary/aromatic N) is 2. The first-order valence-electron chi connectivity index (χ1n) is 5.81. The molecule has 0 bridgehead atoms. The lowest BCUT2D eigenvalue weighted by Crippen LogP contribution is -2.54. The molecule has 1 aliphatic carbocycles. The molecule has 17 heavy (non-hydrogen) atoms. The number of nitrogens with one attached hydrogen (secondary N) is 1. The average molecular weight is 262 g/mol. The van der Waals surface area contributed by atoms with E-state index in [0.717, 1.165) is 25.7 Å². The van der Waals surface area contributed by atoms with E-state index < -0.39 is 16.3 Å². The van der Waals surface area contributed by atoms with Gasteiger partial charge in [-0.15, -0.1) is 0 Å². The predicted octanol–water partition coefficient (Wildman–Crippen LogP) is -0.416. The van der Waals surface area contributed by atoms with Gasteiger partial charge in [-0.05, 0) is 25.7 Å². The van der Waals surface area contributed by atoms with E-state index in [1.807, 2.05) is 0 Å². The Labute approximate surface area is 101 Å². The first kappa shape index (κ1) is 12.6. The fraction of sp³-hybridized carbons (Fsp3) is 0.889. The monoisotopic (exact) mass is 262 g/mol. The maximum absolute atomic E-state index is 12.1. The van der Waals surface area contributed by atoms with Crippen molar-refractivity contribution in [2.24, 2.45) is 10.9 Å². The third-order valence-electron chi connectivity index (χ3n) is 3.11. The summed E-state index contributed by atoms with van der Waals surface area (Å²) >= 11 is 0. The van der Waals surface area contributed by atoms with Crippen LogP contribution >= 0.6 is 0 Å². The van der Waals surface area contributed by atoms with E-state index in [4.69, 9.17) is 10.9 Å². The molecular formula is C9H18N4O3S. The third-order valence-corrected chi connectivity index (χ3v) is 4.80. The molecule has 8 heteroatoms. The second kappa shape index (κ2) is 4.79. The highest BCUT2D eigenvalue weighted by molar-refractivity contribution is 7.87.